The molecule has 0 radical (unpaired) electrons. The van der Waals surface area contributed by atoms with Crippen molar-refractivity contribution in [3.05, 3.63) is 21.6 Å². The van der Waals surface area contributed by atoms with Gasteiger partial charge in [-0.25, -0.2) is 4.68 Å². The quantitative estimate of drug-likeness (QED) is 0.832. The van der Waals surface area contributed by atoms with Gasteiger partial charge in [0.15, 0.2) is 0 Å². The minimum absolute atomic E-state index is 0.0426. The van der Waals surface area contributed by atoms with Gasteiger partial charge in [0.2, 0.25) is 0 Å². The van der Waals surface area contributed by atoms with E-state index in [1.165, 1.54) is 32.1 Å². The minimum atomic E-state index is -0.0574. The largest absolute Gasteiger partial charge is 0.369 e. The number of rotatable bonds is 2. The van der Waals surface area contributed by atoms with Crippen molar-refractivity contribution in [3.8, 4) is 0 Å². The molecule has 2 heterocycles. The molecule has 124 valence electrons. The van der Waals surface area contributed by atoms with E-state index in [0.717, 1.165) is 55.8 Å². The predicted molar refractivity (Wildman–Crippen MR) is 91.1 cm³/mol. The molecule has 0 spiro atoms. The fraction of sp³-hybridized carbons (Fsp3) is 0.778. The maximum absolute atomic E-state index is 13.0. The fourth-order valence-electron chi connectivity index (χ4n) is 6.26. The fourth-order valence-corrected chi connectivity index (χ4v) is 6.51. The van der Waals surface area contributed by atoms with Gasteiger partial charge in [0.05, 0.1) is 17.4 Å². The van der Waals surface area contributed by atoms with E-state index in [2.05, 4.69) is 10.00 Å². The van der Waals surface area contributed by atoms with Gasteiger partial charge in [-0.15, -0.1) is 0 Å². The van der Waals surface area contributed by atoms with Crippen LogP contribution in [-0.4, -0.2) is 22.9 Å². The summed E-state index contributed by atoms with van der Waals surface area (Å²) in [6, 6.07) is 0. The molecule has 0 N–H and O–H groups in total. The Morgan fingerprint density at radius 2 is 1.61 bits per heavy atom. The molecule has 4 bridgehead atoms. The first-order chi connectivity index (χ1) is 11.1. The number of nitrogens with zero attached hydrogens (tertiary/aromatic N) is 3. The molecule has 1 saturated heterocycles. The van der Waals surface area contributed by atoms with Gasteiger partial charge in [0.25, 0.3) is 5.56 Å². The molecule has 1 aromatic heterocycles. The lowest BCUT2D eigenvalue weighted by Crippen LogP contribution is -2.55. The standard InChI is InChI=1S/C18H24ClN3O/c19-16-15(21-3-1-2-4-21)11-20-22(17(16)23)18-8-12-5-13(9-18)7-14(6-12)10-18/h11-14H,1-10H2. The lowest BCUT2D eigenvalue weighted by atomic mass is 9.53. The molecule has 5 fully saturated rings. The molecule has 4 nitrogen and oxygen atoms in total. The van der Waals surface area contributed by atoms with Crippen molar-refractivity contribution in [2.75, 3.05) is 18.0 Å². The Bertz CT molecular complexity index is 657. The lowest BCUT2D eigenvalue weighted by Gasteiger charge is -2.56. The van der Waals surface area contributed by atoms with Crippen LogP contribution in [0.15, 0.2) is 11.0 Å². The van der Waals surface area contributed by atoms with Gasteiger partial charge in [-0.05, 0) is 69.1 Å². The summed E-state index contributed by atoms with van der Waals surface area (Å²) < 4.78 is 1.79. The molecule has 0 amide bonds. The van der Waals surface area contributed by atoms with Crippen LogP contribution in [0.5, 0.6) is 0 Å². The molecule has 1 aromatic rings. The Kier molecular flexibility index (Phi) is 3.10. The predicted octanol–water partition coefficient (Wildman–Crippen LogP) is 3.42. The van der Waals surface area contributed by atoms with E-state index in [9.17, 15) is 4.79 Å². The monoisotopic (exact) mass is 333 g/mol. The molecule has 0 atom stereocenters. The first kappa shape index (κ1) is 14.3. The van der Waals surface area contributed by atoms with Gasteiger partial charge in [-0.1, -0.05) is 11.6 Å². The van der Waals surface area contributed by atoms with Crippen molar-refractivity contribution >= 4 is 17.3 Å². The summed E-state index contributed by atoms with van der Waals surface area (Å²) in [6.45, 7) is 1.98. The number of halogens is 1. The highest BCUT2D eigenvalue weighted by Crippen LogP contribution is 2.58. The van der Waals surface area contributed by atoms with E-state index in [1.54, 1.807) is 4.68 Å². The molecule has 0 aromatic carbocycles. The zero-order valence-corrected chi connectivity index (χ0v) is 14.3. The second-order valence-electron chi connectivity index (χ2n) is 8.40. The third-order valence-corrected chi connectivity index (χ3v) is 7.16. The zero-order chi connectivity index (χ0) is 15.6. The van der Waals surface area contributed by atoms with Crippen LogP contribution < -0.4 is 10.5 Å². The van der Waals surface area contributed by atoms with Gasteiger partial charge in [0, 0.05) is 13.1 Å². The number of hydrogen-bond donors (Lipinski definition) is 0. The Balaban J connectivity index is 1.56. The number of anilines is 1. The van der Waals surface area contributed by atoms with E-state index in [-0.39, 0.29) is 11.1 Å². The number of aromatic nitrogens is 2. The van der Waals surface area contributed by atoms with Crippen LogP contribution in [0.3, 0.4) is 0 Å². The zero-order valence-electron chi connectivity index (χ0n) is 13.5. The Morgan fingerprint density at radius 1 is 1.04 bits per heavy atom. The first-order valence-corrected chi connectivity index (χ1v) is 9.56. The topological polar surface area (TPSA) is 38.1 Å². The Hall–Kier alpha value is -1.03. The van der Waals surface area contributed by atoms with E-state index in [4.69, 9.17) is 11.6 Å². The van der Waals surface area contributed by atoms with Crippen molar-refractivity contribution in [2.45, 2.75) is 56.9 Å². The third kappa shape index (κ3) is 2.10. The van der Waals surface area contributed by atoms with Gasteiger partial charge in [0.1, 0.15) is 5.02 Å². The Morgan fingerprint density at radius 3 is 2.17 bits per heavy atom. The first-order valence-electron chi connectivity index (χ1n) is 9.18. The maximum atomic E-state index is 13.0. The summed E-state index contributed by atoms with van der Waals surface area (Å²) in [5, 5.41) is 5.04. The highest BCUT2D eigenvalue weighted by Gasteiger charge is 2.53. The number of hydrogen-bond acceptors (Lipinski definition) is 3. The normalized spacial score (nSPS) is 38.5. The molecule has 5 heteroatoms. The van der Waals surface area contributed by atoms with E-state index >= 15 is 0 Å². The van der Waals surface area contributed by atoms with E-state index in [1.807, 2.05) is 6.20 Å². The highest BCUT2D eigenvalue weighted by molar-refractivity contribution is 6.33. The van der Waals surface area contributed by atoms with Crippen LogP contribution in [-0.2, 0) is 5.54 Å². The molecular formula is C18H24ClN3O. The van der Waals surface area contributed by atoms with Crippen molar-refractivity contribution in [1.29, 1.82) is 0 Å². The van der Waals surface area contributed by atoms with E-state index in [0.29, 0.717) is 5.02 Å². The molecule has 5 aliphatic rings. The molecule has 4 saturated carbocycles. The van der Waals surface area contributed by atoms with Crippen LogP contribution in [0, 0.1) is 17.8 Å². The molecule has 23 heavy (non-hydrogen) atoms. The van der Waals surface area contributed by atoms with Gasteiger partial charge in [-0.3, -0.25) is 4.79 Å². The van der Waals surface area contributed by atoms with Crippen LogP contribution in [0.1, 0.15) is 51.4 Å². The molecule has 4 aliphatic carbocycles. The third-order valence-electron chi connectivity index (χ3n) is 6.80. The second kappa shape index (κ2) is 4.98. The average Bonchev–Trinajstić information content (AvgIpc) is 3.02. The minimum Gasteiger partial charge on any atom is -0.369 e. The van der Waals surface area contributed by atoms with Crippen LogP contribution in [0.25, 0.3) is 0 Å². The molecular weight excluding hydrogens is 310 g/mol. The van der Waals surface area contributed by atoms with Gasteiger partial charge >= 0.3 is 0 Å². The van der Waals surface area contributed by atoms with E-state index < -0.39 is 0 Å². The van der Waals surface area contributed by atoms with Crippen molar-refractivity contribution in [3.63, 3.8) is 0 Å². The lowest BCUT2D eigenvalue weighted by molar-refractivity contribution is -0.0518. The molecule has 1 aliphatic heterocycles. The van der Waals surface area contributed by atoms with Crippen LogP contribution in [0.4, 0.5) is 5.69 Å². The van der Waals surface area contributed by atoms with Crippen molar-refractivity contribution in [2.24, 2.45) is 17.8 Å². The summed E-state index contributed by atoms with van der Waals surface area (Å²) >= 11 is 6.50. The SMILES string of the molecule is O=c1c(Cl)c(N2CCCC2)cnn1C12CC3CC(CC(C3)C1)C2. The smallest absolute Gasteiger partial charge is 0.288 e. The van der Waals surface area contributed by atoms with Crippen LogP contribution >= 0.6 is 11.6 Å². The summed E-state index contributed by atoms with van der Waals surface area (Å²) in [4.78, 5) is 15.2. The second-order valence-corrected chi connectivity index (χ2v) is 8.77. The summed E-state index contributed by atoms with van der Waals surface area (Å²) in [7, 11) is 0. The summed E-state index contributed by atoms with van der Waals surface area (Å²) in [5.41, 5.74) is 0.743. The molecule has 6 rings (SSSR count). The highest BCUT2D eigenvalue weighted by atomic mass is 35.5. The summed E-state index contributed by atoms with van der Waals surface area (Å²) in [6.07, 6.45) is 11.7. The van der Waals surface area contributed by atoms with Crippen molar-refractivity contribution in [1.82, 2.24) is 9.78 Å². The molecule has 0 unspecified atom stereocenters. The van der Waals surface area contributed by atoms with Crippen LogP contribution in [0.2, 0.25) is 5.02 Å². The van der Waals surface area contributed by atoms with Gasteiger partial charge in [-0.2, -0.15) is 5.10 Å². The maximum Gasteiger partial charge on any atom is 0.288 e. The average molecular weight is 334 g/mol. The summed E-state index contributed by atoms with van der Waals surface area (Å²) in [5.74, 6) is 2.39. The van der Waals surface area contributed by atoms with Gasteiger partial charge < -0.3 is 4.90 Å². The van der Waals surface area contributed by atoms with Crippen molar-refractivity contribution < 1.29 is 0 Å². The Labute approximate surface area is 141 Å².